The van der Waals surface area contributed by atoms with E-state index in [1.54, 1.807) is 0 Å². The molecule has 0 aliphatic carbocycles. The largest absolute Gasteiger partial charge is 0.416 e. The summed E-state index contributed by atoms with van der Waals surface area (Å²) in [5.41, 5.74) is 2.87. The Morgan fingerprint density at radius 3 is 1.80 bits per heavy atom. The van der Waals surface area contributed by atoms with Gasteiger partial charge in [-0.05, 0) is 56.2 Å². The lowest BCUT2D eigenvalue weighted by Gasteiger charge is -2.12. The highest BCUT2D eigenvalue weighted by molar-refractivity contribution is 7.99. The molecular formula is C16H15F3S. The highest BCUT2D eigenvalue weighted by Gasteiger charge is 2.29. The van der Waals surface area contributed by atoms with E-state index in [0.717, 1.165) is 33.1 Å². The van der Waals surface area contributed by atoms with Crippen molar-refractivity contribution < 1.29 is 13.2 Å². The second kappa shape index (κ2) is 5.52. The number of hydrogen-bond acceptors (Lipinski definition) is 1. The van der Waals surface area contributed by atoms with Crippen LogP contribution in [0.4, 0.5) is 13.2 Å². The van der Waals surface area contributed by atoms with Gasteiger partial charge in [-0.2, -0.15) is 13.2 Å². The highest BCUT2D eigenvalue weighted by atomic mass is 32.2. The maximum absolute atomic E-state index is 12.5. The molecule has 2 aromatic rings. The van der Waals surface area contributed by atoms with Crippen LogP contribution in [0.25, 0.3) is 0 Å². The van der Waals surface area contributed by atoms with Crippen molar-refractivity contribution in [2.75, 3.05) is 0 Å². The van der Waals surface area contributed by atoms with E-state index in [1.807, 2.05) is 20.8 Å². The standard InChI is InChI=1S/C16H15F3S/c1-10-8-11(2)15(12(3)9-10)20-14-6-4-13(5-7-14)16(17,18)19/h4-9H,1-3H3. The van der Waals surface area contributed by atoms with E-state index in [2.05, 4.69) is 12.1 Å². The number of rotatable bonds is 2. The van der Waals surface area contributed by atoms with Gasteiger partial charge >= 0.3 is 6.18 Å². The Labute approximate surface area is 121 Å². The van der Waals surface area contributed by atoms with Gasteiger partial charge in [0.15, 0.2) is 0 Å². The smallest absolute Gasteiger partial charge is 0.166 e. The molecule has 0 atom stereocenters. The van der Waals surface area contributed by atoms with Crippen molar-refractivity contribution in [2.45, 2.75) is 36.7 Å². The number of aryl methyl sites for hydroxylation is 3. The molecule has 0 aliphatic rings. The van der Waals surface area contributed by atoms with Crippen LogP contribution in [-0.2, 0) is 6.18 Å². The lowest BCUT2D eigenvalue weighted by Crippen LogP contribution is -2.03. The number of halogens is 3. The molecule has 0 saturated heterocycles. The van der Waals surface area contributed by atoms with Crippen molar-refractivity contribution in [3.05, 3.63) is 58.7 Å². The van der Waals surface area contributed by atoms with E-state index < -0.39 is 11.7 Å². The van der Waals surface area contributed by atoms with Crippen molar-refractivity contribution in [3.8, 4) is 0 Å². The van der Waals surface area contributed by atoms with Crippen molar-refractivity contribution >= 4 is 11.8 Å². The molecule has 20 heavy (non-hydrogen) atoms. The third-order valence-electron chi connectivity index (χ3n) is 3.01. The lowest BCUT2D eigenvalue weighted by atomic mass is 10.1. The molecule has 2 aromatic carbocycles. The number of benzene rings is 2. The van der Waals surface area contributed by atoms with Crippen LogP contribution in [0.5, 0.6) is 0 Å². The zero-order valence-corrected chi connectivity index (χ0v) is 12.3. The molecule has 0 aliphatic heterocycles. The fourth-order valence-corrected chi connectivity index (χ4v) is 3.11. The average molecular weight is 296 g/mol. The maximum Gasteiger partial charge on any atom is 0.416 e. The van der Waals surface area contributed by atoms with Crippen LogP contribution in [-0.4, -0.2) is 0 Å². The van der Waals surface area contributed by atoms with E-state index in [4.69, 9.17) is 0 Å². The van der Waals surface area contributed by atoms with Gasteiger partial charge in [0.25, 0.3) is 0 Å². The van der Waals surface area contributed by atoms with Crippen molar-refractivity contribution in [2.24, 2.45) is 0 Å². The molecule has 0 amide bonds. The van der Waals surface area contributed by atoms with Gasteiger partial charge in [0.1, 0.15) is 0 Å². The minimum atomic E-state index is -4.28. The minimum absolute atomic E-state index is 0.612. The SMILES string of the molecule is Cc1cc(C)c(Sc2ccc(C(F)(F)F)cc2)c(C)c1. The van der Waals surface area contributed by atoms with Crippen LogP contribution in [0.15, 0.2) is 46.2 Å². The molecule has 0 spiro atoms. The quantitative estimate of drug-likeness (QED) is 0.676. The van der Waals surface area contributed by atoms with Crippen LogP contribution < -0.4 is 0 Å². The Morgan fingerprint density at radius 2 is 1.35 bits per heavy atom. The first-order valence-electron chi connectivity index (χ1n) is 6.20. The Hall–Kier alpha value is -1.42. The third kappa shape index (κ3) is 3.37. The van der Waals surface area contributed by atoms with Gasteiger partial charge in [0.2, 0.25) is 0 Å². The summed E-state index contributed by atoms with van der Waals surface area (Å²) in [6.45, 7) is 6.07. The normalized spacial score (nSPS) is 11.7. The molecule has 0 fully saturated rings. The molecule has 0 N–H and O–H groups in total. The van der Waals surface area contributed by atoms with Crippen LogP contribution in [0, 0.1) is 20.8 Å². The van der Waals surface area contributed by atoms with Gasteiger partial charge in [-0.3, -0.25) is 0 Å². The molecule has 0 nitrogen and oxygen atoms in total. The summed E-state index contributed by atoms with van der Waals surface area (Å²) in [4.78, 5) is 1.92. The summed E-state index contributed by atoms with van der Waals surface area (Å²) in [7, 11) is 0. The summed E-state index contributed by atoms with van der Waals surface area (Å²) in [5.74, 6) is 0. The summed E-state index contributed by atoms with van der Waals surface area (Å²) in [5, 5.41) is 0. The van der Waals surface area contributed by atoms with Crippen molar-refractivity contribution in [3.63, 3.8) is 0 Å². The molecule has 0 aromatic heterocycles. The van der Waals surface area contributed by atoms with Gasteiger partial charge < -0.3 is 0 Å². The fourth-order valence-electron chi connectivity index (χ4n) is 2.16. The van der Waals surface area contributed by atoms with Gasteiger partial charge in [0, 0.05) is 9.79 Å². The van der Waals surface area contributed by atoms with E-state index in [-0.39, 0.29) is 0 Å². The van der Waals surface area contributed by atoms with E-state index >= 15 is 0 Å². The van der Waals surface area contributed by atoms with Crippen LogP contribution in [0.2, 0.25) is 0 Å². The summed E-state index contributed by atoms with van der Waals surface area (Å²) in [6, 6.07) is 9.46. The van der Waals surface area contributed by atoms with Crippen molar-refractivity contribution in [1.82, 2.24) is 0 Å². The zero-order valence-electron chi connectivity index (χ0n) is 11.5. The third-order valence-corrected chi connectivity index (χ3v) is 4.36. The van der Waals surface area contributed by atoms with Crippen LogP contribution in [0.1, 0.15) is 22.3 Å². The number of hydrogen-bond donors (Lipinski definition) is 0. The summed E-state index contributed by atoms with van der Waals surface area (Å²) >= 11 is 1.50. The second-order valence-electron chi connectivity index (χ2n) is 4.85. The molecule has 2 rings (SSSR count). The Bertz CT molecular complexity index is 590. The first-order chi connectivity index (χ1) is 9.27. The van der Waals surface area contributed by atoms with Gasteiger partial charge in [-0.1, -0.05) is 29.5 Å². The molecule has 4 heteroatoms. The highest BCUT2D eigenvalue weighted by Crippen LogP contribution is 2.35. The molecule has 0 saturated carbocycles. The fraction of sp³-hybridized carbons (Fsp3) is 0.250. The van der Waals surface area contributed by atoms with E-state index in [1.165, 1.54) is 29.5 Å². The summed E-state index contributed by atoms with van der Waals surface area (Å²) < 4.78 is 37.5. The van der Waals surface area contributed by atoms with E-state index in [0.29, 0.717) is 0 Å². The molecule has 0 unspecified atom stereocenters. The second-order valence-corrected chi connectivity index (χ2v) is 5.94. The Kier molecular flexibility index (Phi) is 4.14. The van der Waals surface area contributed by atoms with Gasteiger partial charge in [0.05, 0.1) is 5.56 Å². The minimum Gasteiger partial charge on any atom is -0.166 e. The summed E-state index contributed by atoms with van der Waals surface area (Å²) in [6.07, 6.45) is -4.28. The molecule has 0 radical (unpaired) electrons. The molecular weight excluding hydrogens is 281 g/mol. The van der Waals surface area contributed by atoms with Crippen molar-refractivity contribution in [1.29, 1.82) is 0 Å². The topological polar surface area (TPSA) is 0 Å². The lowest BCUT2D eigenvalue weighted by molar-refractivity contribution is -0.137. The predicted molar refractivity (Wildman–Crippen MR) is 76.2 cm³/mol. The first-order valence-corrected chi connectivity index (χ1v) is 7.02. The average Bonchev–Trinajstić information content (AvgIpc) is 2.33. The monoisotopic (exact) mass is 296 g/mol. The molecule has 106 valence electrons. The maximum atomic E-state index is 12.5. The van der Waals surface area contributed by atoms with Crippen LogP contribution in [0.3, 0.4) is 0 Å². The van der Waals surface area contributed by atoms with Crippen LogP contribution >= 0.6 is 11.8 Å². The molecule has 0 heterocycles. The Balaban J connectivity index is 2.27. The van der Waals surface area contributed by atoms with Gasteiger partial charge in [-0.15, -0.1) is 0 Å². The molecule has 0 bridgehead atoms. The zero-order chi connectivity index (χ0) is 14.9. The number of alkyl halides is 3. The first kappa shape index (κ1) is 15.0. The van der Waals surface area contributed by atoms with Gasteiger partial charge in [-0.25, -0.2) is 0 Å². The Morgan fingerprint density at radius 1 is 0.850 bits per heavy atom. The van der Waals surface area contributed by atoms with E-state index in [9.17, 15) is 13.2 Å². The predicted octanol–water partition coefficient (Wildman–Crippen LogP) is 5.78.